The van der Waals surface area contributed by atoms with Crippen LogP contribution < -0.4 is 15.5 Å². The summed E-state index contributed by atoms with van der Waals surface area (Å²) in [6.07, 6.45) is 1.80. The first kappa shape index (κ1) is 23.9. The fourth-order valence-electron chi connectivity index (χ4n) is 4.30. The number of nitrogens with one attached hydrogen (secondary N) is 2. The van der Waals surface area contributed by atoms with E-state index in [-0.39, 0.29) is 24.3 Å². The highest BCUT2D eigenvalue weighted by Crippen LogP contribution is 2.23. The summed E-state index contributed by atoms with van der Waals surface area (Å²) in [4.78, 5) is 53.9. The van der Waals surface area contributed by atoms with Crippen molar-refractivity contribution in [2.45, 2.75) is 18.9 Å². The quantitative estimate of drug-likeness (QED) is 0.491. The van der Waals surface area contributed by atoms with Crippen molar-refractivity contribution in [3.8, 4) is 0 Å². The molecule has 2 fully saturated rings. The first-order chi connectivity index (χ1) is 15.5. The lowest BCUT2D eigenvalue weighted by Crippen LogP contribution is -2.53. The minimum Gasteiger partial charge on any atom is -0.369 e. The van der Waals surface area contributed by atoms with Crippen LogP contribution in [0.3, 0.4) is 0 Å². The highest BCUT2D eigenvalue weighted by Gasteiger charge is 2.28. The normalized spacial score (nSPS) is 17.9. The largest absolute Gasteiger partial charge is 0.369 e. The minimum atomic E-state index is -0.782. The summed E-state index contributed by atoms with van der Waals surface area (Å²) in [6.45, 7) is 7.01. The van der Waals surface area contributed by atoms with Gasteiger partial charge in [-0.15, -0.1) is 0 Å². The summed E-state index contributed by atoms with van der Waals surface area (Å²) in [5.41, 5.74) is 1.47. The van der Waals surface area contributed by atoms with Crippen LogP contribution in [0.2, 0.25) is 0 Å². The molecule has 2 aliphatic rings. The molecule has 9 nitrogen and oxygen atoms in total. The van der Waals surface area contributed by atoms with E-state index in [1.54, 1.807) is 12.1 Å². The zero-order valence-electron chi connectivity index (χ0n) is 18.9. The molecule has 2 aliphatic heterocycles. The number of benzene rings is 1. The Labute approximate surface area is 189 Å². The molecule has 1 unspecified atom stereocenters. The molecule has 0 aliphatic carbocycles. The first-order valence-electron chi connectivity index (χ1n) is 11.2. The topological polar surface area (TPSA) is 102 Å². The zero-order valence-corrected chi connectivity index (χ0v) is 18.9. The minimum absolute atomic E-state index is 0.165. The Balaban J connectivity index is 1.68. The van der Waals surface area contributed by atoms with Crippen molar-refractivity contribution in [2.75, 3.05) is 64.8 Å². The number of rotatable bonds is 10. The Hall–Kier alpha value is -2.78. The van der Waals surface area contributed by atoms with Crippen LogP contribution in [0.5, 0.6) is 0 Å². The van der Waals surface area contributed by atoms with Crippen molar-refractivity contribution in [2.24, 2.45) is 5.92 Å². The number of piperazine rings is 1. The molecule has 1 aromatic rings. The van der Waals surface area contributed by atoms with Gasteiger partial charge < -0.3 is 25.2 Å². The molecule has 1 atom stereocenters. The van der Waals surface area contributed by atoms with Gasteiger partial charge in [-0.25, -0.2) is 0 Å². The second-order valence-electron chi connectivity index (χ2n) is 8.49. The summed E-state index contributed by atoms with van der Waals surface area (Å²) in [7, 11) is 3.01. The number of carbonyl (C=O) groups excluding carboxylic acids is 4. The van der Waals surface area contributed by atoms with Gasteiger partial charge in [-0.3, -0.25) is 19.3 Å². The summed E-state index contributed by atoms with van der Waals surface area (Å²) in [5.74, 6) is -0.0183. The van der Waals surface area contributed by atoms with Crippen LogP contribution in [0.15, 0.2) is 18.2 Å². The number of hydrogen-bond acceptors (Lipinski definition) is 7. The van der Waals surface area contributed by atoms with E-state index in [2.05, 4.69) is 20.4 Å². The third kappa shape index (κ3) is 5.52. The molecular formula is C23H33N5O4. The SMILES string of the molecule is CNC(=O)C(CCC=O)N(C)C(=O)c1ccc(N2CCN(CC3CNC3)CC2)cc1C=O. The van der Waals surface area contributed by atoms with Gasteiger partial charge in [0.1, 0.15) is 12.3 Å². The fraction of sp³-hybridized carbons (Fsp3) is 0.565. The molecule has 0 spiro atoms. The van der Waals surface area contributed by atoms with Crippen LogP contribution in [0.4, 0.5) is 5.69 Å². The molecule has 32 heavy (non-hydrogen) atoms. The first-order valence-corrected chi connectivity index (χ1v) is 11.2. The summed E-state index contributed by atoms with van der Waals surface area (Å²) in [5, 5.41) is 5.84. The maximum atomic E-state index is 13.1. The van der Waals surface area contributed by atoms with Crippen molar-refractivity contribution < 1.29 is 19.2 Å². The van der Waals surface area contributed by atoms with E-state index in [0.717, 1.165) is 63.7 Å². The van der Waals surface area contributed by atoms with Crippen LogP contribution >= 0.6 is 0 Å². The predicted molar refractivity (Wildman–Crippen MR) is 122 cm³/mol. The van der Waals surface area contributed by atoms with Crippen molar-refractivity contribution in [1.29, 1.82) is 0 Å². The van der Waals surface area contributed by atoms with E-state index in [9.17, 15) is 19.2 Å². The zero-order chi connectivity index (χ0) is 23.1. The molecule has 3 rings (SSSR count). The molecule has 0 saturated carbocycles. The molecule has 0 radical (unpaired) electrons. The summed E-state index contributed by atoms with van der Waals surface area (Å²) < 4.78 is 0. The van der Waals surface area contributed by atoms with Crippen LogP contribution in [-0.4, -0.2) is 100 Å². The van der Waals surface area contributed by atoms with E-state index >= 15 is 0 Å². The van der Waals surface area contributed by atoms with Gasteiger partial charge in [-0.2, -0.15) is 0 Å². The number of nitrogens with zero attached hydrogens (tertiary/aromatic N) is 3. The Morgan fingerprint density at radius 1 is 1.22 bits per heavy atom. The molecule has 0 bridgehead atoms. The summed E-state index contributed by atoms with van der Waals surface area (Å²) >= 11 is 0. The molecule has 9 heteroatoms. The van der Waals surface area contributed by atoms with Gasteiger partial charge in [0, 0.05) is 77.6 Å². The van der Waals surface area contributed by atoms with Crippen molar-refractivity contribution in [1.82, 2.24) is 20.4 Å². The Bertz CT molecular complexity index is 834. The smallest absolute Gasteiger partial charge is 0.255 e. The molecule has 2 saturated heterocycles. The van der Waals surface area contributed by atoms with E-state index < -0.39 is 11.9 Å². The molecule has 0 aromatic heterocycles. The number of anilines is 1. The van der Waals surface area contributed by atoms with Crippen LogP contribution in [0, 0.1) is 5.92 Å². The predicted octanol–water partition coefficient (Wildman–Crippen LogP) is 0.00620. The number of hydrogen-bond donors (Lipinski definition) is 2. The van der Waals surface area contributed by atoms with Crippen LogP contribution in [0.1, 0.15) is 33.6 Å². The Morgan fingerprint density at radius 2 is 1.94 bits per heavy atom. The van der Waals surface area contributed by atoms with Gasteiger partial charge in [0.15, 0.2) is 6.29 Å². The second kappa shape index (κ2) is 11.2. The number of amides is 2. The highest BCUT2D eigenvalue weighted by atomic mass is 16.2. The third-order valence-electron chi connectivity index (χ3n) is 6.41. The molecule has 2 N–H and O–H groups in total. The molecule has 1 aromatic carbocycles. The summed E-state index contributed by atoms with van der Waals surface area (Å²) in [6, 6.07) is 4.49. The third-order valence-corrected chi connectivity index (χ3v) is 6.41. The fourth-order valence-corrected chi connectivity index (χ4v) is 4.30. The lowest BCUT2D eigenvalue weighted by Gasteiger charge is -2.39. The second-order valence-corrected chi connectivity index (χ2v) is 8.49. The van der Waals surface area contributed by atoms with Gasteiger partial charge in [0.25, 0.3) is 5.91 Å². The van der Waals surface area contributed by atoms with Gasteiger partial charge in [0.05, 0.1) is 5.56 Å². The number of likely N-dealkylation sites (N-methyl/N-ethyl adjacent to an activating group) is 2. The van der Waals surface area contributed by atoms with Crippen LogP contribution in [0.25, 0.3) is 0 Å². The van der Waals surface area contributed by atoms with E-state index in [0.29, 0.717) is 11.8 Å². The average molecular weight is 444 g/mol. The van der Waals surface area contributed by atoms with Crippen molar-refractivity contribution in [3.05, 3.63) is 29.3 Å². The van der Waals surface area contributed by atoms with Gasteiger partial charge >= 0.3 is 0 Å². The van der Waals surface area contributed by atoms with Gasteiger partial charge in [0.2, 0.25) is 5.91 Å². The van der Waals surface area contributed by atoms with Gasteiger partial charge in [-0.1, -0.05) is 0 Å². The molecular weight excluding hydrogens is 410 g/mol. The van der Waals surface area contributed by atoms with Crippen LogP contribution in [-0.2, 0) is 9.59 Å². The molecule has 2 amide bonds. The number of aldehydes is 2. The highest BCUT2D eigenvalue weighted by molar-refractivity contribution is 6.03. The monoisotopic (exact) mass is 443 g/mol. The lowest BCUT2D eigenvalue weighted by atomic mass is 10.0. The van der Waals surface area contributed by atoms with Gasteiger partial charge in [-0.05, 0) is 30.5 Å². The number of carbonyl (C=O) groups is 4. The van der Waals surface area contributed by atoms with E-state index in [1.807, 2.05) is 6.07 Å². The van der Waals surface area contributed by atoms with E-state index in [4.69, 9.17) is 0 Å². The molecule has 174 valence electrons. The maximum Gasteiger partial charge on any atom is 0.255 e. The average Bonchev–Trinajstić information content (AvgIpc) is 2.80. The van der Waals surface area contributed by atoms with Crippen molar-refractivity contribution in [3.63, 3.8) is 0 Å². The van der Waals surface area contributed by atoms with Crippen molar-refractivity contribution >= 4 is 30.1 Å². The molecule has 2 heterocycles. The lowest BCUT2D eigenvalue weighted by molar-refractivity contribution is -0.125. The Morgan fingerprint density at radius 3 is 2.50 bits per heavy atom. The maximum absolute atomic E-state index is 13.1. The standard InChI is InChI=1S/C23H33N5O4/c1-24-22(31)21(4-3-11-29)26(2)23(32)20-6-5-19(12-18(20)16-30)28-9-7-27(8-10-28)15-17-13-25-14-17/h5-6,11-12,16-17,21,25H,3-4,7-10,13-15H2,1-2H3,(H,24,31). The van der Waals surface area contributed by atoms with E-state index in [1.165, 1.54) is 19.0 Å². The Kier molecular flexibility index (Phi) is 8.35.